The summed E-state index contributed by atoms with van der Waals surface area (Å²) in [5.41, 5.74) is 2.08. The van der Waals surface area contributed by atoms with Gasteiger partial charge in [0.05, 0.1) is 23.8 Å². The SMILES string of the molecule is CNc1cncc(NCC(C)N(C)C)c1. The largest absolute Gasteiger partial charge is 0.387 e. The Kier molecular flexibility index (Phi) is 4.37. The summed E-state index contributed by atoms with van der Waals surface area (Å²) >= 11 is 0. The molecule has 1 heterocycles. The van der Waals surface area contributed by atoms with Crippen molar-refractivity contribution in [2.75, 3.05) is 38.3 Å². The van der Waals surface area contributed by atoms with Gasteiger partial charge in [0, 0.05) is 19.6 Å². The summed E-state index contributed by atoms with van der Waals surface area (Å²) in [5.74, 6) is 0. The van der Waals surface area contributed by atoms with Crippen LogP contribution in [0.2, 0.25) is 0 Å². The molecule has 1 atom stereocenters. The molecule has 0 saturated carbocycles. The van der Waals surface area contributed by atoms with Crippen LogP contribution in [0.25, 0.3) is 0 Å². The minimum Gasteiger partial charge on any atom is -0.387 e. The first kappa shape index (κ1) is 11.8. The lowest BCUT2D eigenvalue weighted by atomic mass is 10.3. The van der Waals surface area contributed by atoms with E-state index in [1.165, 1.54) is 0 Å². The molecule has 0 amide bonds. The van der Waals surface area contributed by atoms with Gasteiger partial charge in [-0.15, -0.1) is 0 Å². The Morgan fingerprint density at radius 1 is 1.33 bits per heavy atom. The van der Waals surface area contributed by atoms with E-state index in [1.807, 2.05) is 13.2 Å². The topological polar surface area (TPSA) is 40.2 Å². The Morgan fingerprint density at radius 3 is 2.60 bits per heavy atom. The molecule has 0 aliphatic rings. The van der Waals surface area contributed by atoms with Crippen LogP contribution in [0.1, 0.15) is 6.92 Å². The van der Waals surface area contributed by atoms with Crippen LogP contribution in [-0.4, -0.2) is 43.6 Å². The molecule has 4 nitrogen and oxygen atoms in total. The van der Waals surface area contributed by atoms with Crippen LogP contribution in [0, 0.1) is 0 Å². The first-order chi connectivity index (χ1) is 7.13. The van der Waals surface area contributed by atoms with Crippen molar-refractivity contribution in [1.29, 1.82) is 0 Å². The fourth-order valence-corrected chi connectivity index (χ4v) is 1.12. The molecular formula is C11H20N4. The average Bonchev–Trinajstić information content (AvgIpc) is 2.26. The smallest absolute Gasteiger partial charge is 0.0548 e. The minimum absolute atomic E-state index is 0.503. The Morgan fingerprint density at radius 2 is 2.00 bits per heavy atom. The molecule has 0 aliphatic carbocycles. The molecule has 0 bridgehead atoms. The zero-order valence-electron chi connectivity index (χ0n) is 9.91. The fraction of sp³-hybridized carbons (Fsp3) is 0.545. The summed E-state index contributed by atoms with van der Waals surface area (Å²) in [6.07, 6.45) is 3.64. The van der Waals surface area contributed by atoms with Crippen molar-refractivity contribution < 1.29 is 0 Å². The number of pyridine rings is 1. The predicted molar refractivity (Wildman–Crippen MR) is 65.4 cm³/mol. The van der Waals surface area contributed by atoms with Crippen LogP contribution in [0.5, 0.6) is 0 Å². The monoisotopic (exact) mass is 208 g/mol. The third-order valence-corrected chi connectivity index (χ3v) is 2.51. The number of likely N-dealkylation sites (N-methyl/N-ethyl adjacent to an activating group) is 1. The lowest BCUT2D eigenvalue weighted by molar-refractivity contribution is 0.326. The minimum atomic E-state index is 0.503. The number of hydrogen-bond donors (Lipinski definition) is 2. The van der Waals surface area contributed by atoms with Crippen LogP contribution in [0.4, 0.5) is 11.4 Å². The molecule has 1 aromatic heterocycles. The van der Waals surface area contributed by atoms with Gasteiger partial charge in [0.15, 0.2) is 0 Å². The highest BCUT2D eigenvalue weighted by molar-refractivity contribution is 5.53. The van der Waals surface area contributed by atoms with Crippen molar-refractivity contribution in [3.63, 3.8) is 0 Å². The number of rotatable bonds is 5. The number of hydrogen-bond acceptors (Lipinski definition) is 4. The second kappa shape index (κ2) is 5.56. The molecule has 0 saturated heterocycles. The molecule has 1 aromatic rings. The average molecular weight is 208 g/mol. The van der Waals surface area contributed by atoms with Crippen LogP contribution in [-0.2, 0) is 0 Å². The molecule has 0 aliphatic heterocycles. The summed E-state index contributed by atoms with van der Waals surface area (Å²) in [4.78, 5) is 6.32. The third-order valence-electron chi connectivity index (χ3n) is 2.51. The molecule has 15 heavy (non-hydrogen) atoms. The Balaban J connectivity index is 2.50. The maximum Gasteiger partial charge on any atom is 0.0548 e. The number of nitrogens with one attached hydrogen (secondary N) is 2. The highest BCUT2D eigenvalue weighted by Crippen LogP contribution is 2.12. The standard InChI is InChI=1S/C11H20N4/c1-9(15(3)4)6-14-11-5-10(12-2)7-13-8-11/h5,7-9,12,14H,6H2,1-4H3. The summed E-state index contributed by atoms with van der Waals surface area (Å²) < 4.78 is 0. The van der Waals surface area contributed by atoms with E-state index in [2.05, 4.69) is 47.6 Å². The molecule has 2 N–H and O–H groups in total. The predicted octanol–water partition coefficient (Wildman–Crippen LogP) is 1.49. The summed E-state index contributed by atoms with van der Waals surface area (Å²) in [6.45, 7) is 3.10. The molecule has 0 aromatic carbocycles. The molecular weight excluding hydrogens is 188 g/mol. The van der Waals surface area contributed by atoms with E-state index in [1.54, 1.807) is 6.20 Å². The molecule has 84 valence electrons. The van der Waals surface area contributed by atoms with Gasteiger partial charge in [-0.3, -0.25) is 4.98 Å². The van der Waals surface area contributed by atoms with E-state index >= 15 is 0 Å². The van der Waals surface area contributed by atoms with Gasteiger partial charge in [-0.25, -0.2) is 0 Å². The van der Waals surface area contributed by atoms with Crippen LogP contribution >= 0.6 is 0 Å². The lowest BCUT2D eigenvalue weighted by Crippen LogP contribution is -2.31. The van der Waals surface area contributed by atoms with Crippen molar-refractivity contribution in [2.45, 2.75) is 13.0 Å². The first-order valence-corrected chi connectivity index (χ1v) is 5.16. The maximum atomic E-state index is 4.14. The Labute approximate surface area is 91.7 Å². The second-order valence-corrected chi connectivity index (χ2v) is 3.91. The van der Waals surface area contributed by atoms with Crippen molar-refractivity contribution >= 4 is 11.4 Å². The Bertz CT molecular complexity index is 298. The van der Waals surface area contributed by atoms with Crippen LogP contribution < -0.4 is 10.6 Å². The van der Waals surface area contributed by atoms with E-state index in [0.717, 1.165) is 17.9 Å². The number of aromatic nitrogens is 1. The van der Waals surface area contributed by atoms with Gasteiger partial charge in [0.1, 0.15) is 0 Å². The maximum absolute atomic E-state index is 4.14. The van der Waals surface area contributed by atoms with Crippen molar-refractivity contribution in [3.8, 4) is 0 Å². The quantitative estimate of drug-likeness (QED) is 0.769. The van der Waals surface area contributed by atoms with Gasteiger partial charge in [-0.2, -0.15) is 0 Å². The van der Waals surface area contributed by atoms with Crippen molar-refractivity contribution in [3.05, 3.63) is 18.5 Å². The van der Waals surface area contributed by atoms with Gasteiger partial charge < -0.3 is 15.5 Å². The lowest BCUT2D eigenvalue weighted by Gasteiger charge is -2.20. The summed E-state index contributed by atoms with van der Waals surface area (Å²) in [7, 11) is 6.05. The molecule has 1 unspecified atom stereocenters. The van der Waals surface area contributed by atoms with E-state index in [4.69, 9.17) is 0 Å². The highest BCUT2D eigenvalue weighted by Gasteiger charge is 2.03. The van der Waals surface area contributed by atoms with E-state index < -0.39 is 0 Å². The molecule has 0 spiro atoms. The zero-order chi connectivity index (χ0) is 11.3. The molecule has 1 rings (SSSR count). The highest BCUT2D eigenvalue weighted by atomic mass is 15.1. The zero-order valence-corrected chi connectivity index (χ0v) is 9.91. The van der Waals surface area contributed by atoms with Gasteiger partial charge in [-0.1, -0.05) is 0 Å². The first-order valence-electron chi connectivity index (χ1n) is 5.16. The van der Waals surface area contributed by atoms with Gasteiger partial charge in [-0.05, 0) is 27.1 Å². The van der Waals surface area contributed by atoms with Crippen molar-refractivity contribution in [2.24, 2.45) is 0 Å². The van der Waals surface area contributed by atoms with Gasteiger partial charge in [0.25, 0.3) is 0 Å². The van der Waals surface area contributed by atoms with Gasteiger partial charge >= 0.3 is 0 Å². The molecule has 0 fully saturated rings. The summed E-state index contributed by atoms with van der Waals surface area (Å²) in [5, 5.41) is 6.42. The van der Waals surface area contributed by atoms with E-state index in [9.17, 15) is 0 Å². The second-order valence-electron chi connectivity index (χ2n) is 3.91. The number of nitrogens with zero attached hydrogens (tertiary/aromatic N) is 2. The third kappa shape index (κ3) is 3.75. The molecule has 0 radical (unpaired) electrons. The summed E-state index contributed by atoms with van der Waals surface area (Å²) in [6, 6.07) is 2.55. The van der Waals surface area contributed by atoms with Gasteiger partial charge in [0.2, 0.25) is 0 Å². The Hall–Kier alpha value is -1.29. The van der Waals surface area contributed by atoms with Crippen LogP contribution in [0.15, 0.2) is 18.5 Å². The van der Waals surface area contributed by atoms with E-state index in [0.29, 0.717) is 6.04 Å². The van der Waals surface area contributed by atoms with E-state index in [-0.39, 0.29) is 0 Å². The molecule has 4 heteroatoms. The number of anilines is 2. The van der Waals surface area contributed by atoms with Crippen LogP contribution in [0.3, 0.4) is 0 Å². The van der Waals surface area contributed by atoms with Crippen molar-refractivity contribution in [1.82, 2.24) is 9.88 Å². The fourth-order valence-electron chi connectivity index (χ4n) is 1.12. The normalized spacial score (nSPS) is 12.6.